The van der Waals surface area contributed by atoms with Crippen LogP contribution in [0.3, 0.4) is 0 Å². The van der Waals surface area contributed by atoms with Crippen LogP contribution in [0.5, 0.6) is 5.75 Å². The summed E-state index contributed by atoms with van der Waals surface area (Å²) in [6.45, 7) is 5.14. The molecule has 0 atom stereocenters. The molecule has 0 radical (unpaired) electrons. The van der Waals surface area contributed by atoms with Gasteiger partial charge in [-0.3, -0.25) is 0 Å². The highest BCUT2D eigenvalue weighted by atomic mass is 16.5. The van der Waals surface area contributed by atoms with Crippen LogP contribution in [0.4, 0.5) is 0 Å². The summed E-state index contributed by atoms with van der Waals surface area (Å²) < 4.78 is 11.1. The first-order valence-electron chi connectivity index (χ1n) is 7.27. The summed E-state index contributed by atoms with van der Waals surface area (Å²) in [6, 6.07) is 8.19. The zero-order chi connectivity index (χ0) is 13.9. The van der Waals surface area contributed by atoms with Crippen molar-refractivity contribution in [2.24, 2.45) is 0 Å². The molecule has 0 spiro atoms. The van der Waals surface area contributed by atoms with Gasteiger partial charge in [0.25, 0.3) is 0 Å². The van der Waals surface area contributed by atoms with Gasteiger partial charge in [0.15, 0.2) is 0 Å². The summed E-state index contributed by atoms with van der Waals surface area (Å²) in [6.07, 6.45) is 7.65. The van der Waals surface area contributed by atoms with E-state index >= 15 is 0 Å². The van der Waals surface area contributed by atoms with Crippen molar-refractivity contribution < 1.29 is 9.47 Å². The Morgan fingerprint density at radius 1 is 1.11 bits per heavy atom. The number of methoxy groups -OCH3 is 1. The predicted octanol–water partition coefficient (Wildman–Crippen LogP) is 5.04. The van der Waals surface area contributed by atoms with Crippen molar-refractivity contribution in [1.29, 1.82) is 0 Å². The van der Waals surface area contributed by atoms with E-state index in [1.54, 1.807) is 13.4 Å². The summed E-state index contributed by atoms with van der Waals surface area (Å²) in [5.41, 5.74) is 2.31. The molecular formula is C17H26O2. The van der Waals surface area contributed by atoms with Crippen LogP contribution in [0, 0.1) is 0 Å². The third-order valence-electron chi connectivity index (χ3n) is 3.13. The molecule has 0 aliphatic carbocycles. The monoisotopic (exact) mass is 262 g/mol. The molecule has 0 heterocycles. The van der Waals surface area contributed by atoms with E-state index in [1.807, 2.05) is 18.2 Å². The Bertz CT molecular complexity index is 383. The summed E-state index contributed by atoms with van der Waals surface area (Å²) in [5.74, 6) is 0.962. The van der Waals surface area contributed by atoms with E-state index in [-0.39, 0.29) is 0 Å². The van der Waals surface area contributed by atoms with Crippen molar-refractivity contribution in [3.63, 3.8) is 0 Å². The van der Waals surface area contributed by atoms with Gasteiger partial charge in [-0.2, -0.15) is 0 Å². The Morgan fingerprint density at radius 2 is 1.89 bits per heavy atom. The lowest BCUT2D eigenvalue weighted by Crippen LogP contribution is -2.00. The van der Waals surface area contributed by atoms with Gasteiger partial charge in [0.2, 0.25) is 0 Å². The maximum absolute atomic E-state index is 5.92. The van der Waals surface area contributed by atoms with Gasteiger partial charge in [-0.1, -0.05) is 51.3 Å². The third kappa shape index (κ3) is 5.37. The maximum atomic E-state index is 5.92. The molecule has 19 heavy (non-hydrogen) atoms. The first kappa shape index (κ1) is 15.6. The normalized spacial score (nSPS) is 11.4. The fourth-order valence-electron chi connectivity index (χ4n) is 2.05. The van der Waals surface area contributed by atoms with Crippen LogP contribution in [-0.4, -0.2) is 13.7 Å². The minimum Gasteiger partial charge on any atom is -0.504 e. The van der Waals surface area contributed by atoms with E-state index in [2.05, 4.69) is 19.9 Å². The molecule has 0 unspecified atom stereocenters. The van der Waals surface area contributed by atoms with Crippen molar-refractivity contribution in [1.82, 2.24) is 0 Å². The van der Waals surface area contributed by atoms with E-state index in [1.165, 1.54) is 24.8 Å². The lowest BCUT2D eigenvalue weighted by atomic mass is 10.0. The second-order valence-corrected chi connectivity index (χ2v) is 4.64. The minimum atomic E-state index is 0.793. The van der Waals surface area contributed by atoms with E-state index in [4.69, 9.17) is 9.47 Å². The minimum absolute atomic E-state index is 0.793. The Hall–Kier alpha value is -1.44. The van der Waals surface area contributed by atoms with Crippen molar-refractivity contribution >= 4 is 5.57 Å². The highest BCUT2D eigenvalue weighted by Gasteiger charge is 2.07. The molecule has 0 amide bonds. The zero-order valence-electron chi connectivity index (χ0n) is 12.4. The fourth-order valence-corrected chi connectivity index (χ4v) is 2.05. The lowest BCUT2D eigenvalue weighted by Gasteiger charge is -2.13. The number of rotatable bonds is 9. The summed E-state index contributed by atoms with van der Waals surface area (Å²) >= 11 is 0. The summed E-state index contributed by atoms with van der Waals surface area (Å²) in [7, 11) is 1.68. The van der Waals surface area contributed by atoms with Gasteiger partial charge < -0.3 is 9.47 Å². The van der Waals surface area contributed by atoms with E-state index in [9.17, 15) is 0 Å². The molecule has 0 N–H and O–H groups in total. The Labute approximate surface area is 117 Å². The topological polar surface area (TPSA) is 18.5 Å². The van der Waals surface area contributed by atoms with Gasteiger partial charge in [-0.25, -0.2) is 0 Å². The van der Waals surface area contributed by atoms with Gasteiger partial charge >= 0.3 is 0 Å². The number of hydrogen-bond donors (Lipinski definition) is 0. The predicted molar refractivity (Wildman–Crippen MR) is 81.4 cm³/mol. The van der Waals surface area contributed by atoms with E-state index < -0.39 is 0 Å². The average molecular weight is 262 g/mol. The van der Waals surface area contributed by atoms with Gasteiger partial charge in [-0.05, 0) is 24.5 Å². The molecule has 0 bridgehead atoms. The van der Waals surface area contributed by atoms with Gasteiger partial charge in [0.1, 0.15) is 5.75 Å². The van der Waals surface area contributed by atoms with Crippen LogP contribution >= 0.6 is 0 Å². The second-order valence-electron chi connectivity index (χ2n) is 4.64. The summed E-state index contributed by atoms with van der Waals surface area (Å²) in [4.78, 5) is 0. The number of benzene rings is 1. The first-order valence-corrected chi connectivity index (χ1v) is 7.27. The molecule has 0 aromatic heterocycles. The van der Waals surface area contributed by atoms with Gasteiger partial charge in [0.05, 0.1) is 20.0 Å². The van der Waals surface area contributed by atoms with Crippen LogP contribution < -0.4 is 4.74 Å². The highest BCUT2D eigenvalue weighted by molar-refractivity contribution is 5.69. The van der Waals surface area contributed by atoms with Crippen molar-refractivity contribution in [3.8, 4) is 5.75 Å². The van der Waals surface area contributed by atoms with E-state index in [0.29, 0.717) is 0 Å². The molecule has 106 valence electrons. The molecular weight excluding hydrogens is 236 g/mol. The Kier molecular flexibility index (Phi) is 7.80. The van der Waals surface area contributed by atoms with Crippen LogP contribution in [0.2, 0.25) is 0 Å². The van der Waals surface area contributed by atoms with Crippen molar-refractivity contribution in [3.05, 3.63) is 36.1 Å². The summed E-state index contributed by atoms with van der Waals surface area (Å²) in [5, 5.41) is 0. The second kappa shape index (κ2) is 9.48. The fraction of sp³-hybridized carbons (Fsp3) is 0.529. The smallest absolute Gasteiger partial charge is 0.126 e. The largest absolute Gasteiger partial charge is 0.504 e. The van der Waals surface area contributed by atoms with Crippen molar-refractivity contribution in [2.45, 2.75) is 46.0 Å². The molecule has 1 rings (SSSR count). The molecule has 2 heteroatoms. The van der Waals surface area contributed by atoms with Crippen LogP contribution in [-0.2, 0) is 4.74 Å². The third-order valence-corrected chi connectivity index (χ3v) is 3.13. The van der Waals surface area contributed by atoms with Gasteiger partial charge in [0, 0.05) is 5.56 Å². The molecule has 0 aliphatic heterocycles. The van der Waals surface area contributed by atoms with E-state index in [0.717, 1.165) is 30.8 Å². The molecule has 2 nitrogen and oxygen atoms in total. The molecule has 0 saturated carbocycles. The molecule has 0 fully saturated rings. The molecule has 0 aliphatic rings. The zero-order valence-corrected chi connectivity index (χ0v) is 12.4. The van der Waals surface area contributed by atoms with Crippen molar-refractivity contribution in [2.75, 3.05) is 13.7 Å². The first-order chi connectivity index (χ1) is 9.33. The standard InChI is InChI=1S/C17H26O2/c1-4-6-7-10-13-19-17-12-9-8-11-16(17)15(5-2)14-18-3/h8-9,11-12,14H,4-7,10,13H2,1-3H3. The quantitative estimate of drug-likeness (QED) is 0.458. The molecule has 1 aromatic rings. The maximum Gasteiger partial charge on any atom is 0.126 e. The number of hydrogen-bond acceptors (Lipinski definition) is 2. The molecule has 0 saturated heterocycles. The lowest BCUT2D eigenvalue weighted by molar-refractivity contribution is 0.303. The number of para-hydroxylation sites is 1. The molecule has 1 aromatic carbocycles. The van der Waals surface area contributed by atoms with Gasteiger partial charge in [-0.15, -0.1) is 0 Å². The van der Waals surface area contributed by atoms with Crippen LogP contribution in [0.1, 0.15) is 51.5 Å². The average Bonchev–Trinajstić information content (AvgIpc) is 2.45. The van der Waals surface area contributed by atoms with Crippen LogP contribution in [0.15, 0.2) is 30.5 Å². The SMILES string of the molecule is CCCCCCOc1ccccc1C(=COC)CC. The highest BCUT2D eigenvalue weighted by Crippen LogP contribution is 2.28. The number of unbranched alkanes of at least 4 members (excludes halogenated alkanes) is 3. The Morgan fingerprint density at radius 3 is 2.58 bits per heavy atom. The number of allylic oxidation sites excluding steroid dienone is 1. The Balaban J connectivity index is 2.65. The van der Waals surface area contributed by atoms with Crippen LogP contribution in [0.25, 0.3) is 5.57 Å². The number of ether oxygens (including phenoxy) is 2.